The van der Waals surface area contributed by atoms with Gasteiger partial charge in [0.15, 0.2) is 0 Å². The first-order valence-electron chi connectivity index (χ1n) is 7.14. The van der Waals surface area contributed by atoms with Crippen molar-refractivity contribution in [2.45, 2.75) is 13.8 Å². The zero-order chi connectivity index (χ0) is 16.4. The molecule has 1 heterocycles. The van der Waals surface area contributed by atoms with Gasteiger partial charge in [-0.05, 0) is 31.2 Å². The second-order valence-corrected chi connectivity index (χ2v) is 6.40. The Kier molecular flexibility index (Phi) is 4.21. The third-order valence-corrected chi connectivity index (χ3v) is 4.37. The van der Waals surface area contributed by atoms with Gasteiger partial charge in [-0.15, -0.1) is 11.3 Å². The van der Waals surface area contributed by atoms with Crippen LogP contribution in [0.15, 0.2) is 48.5 Å². The zero-order valence-corrected chi connectivity index (χ0v) is 13.6. The van der Waals surface area contributed by atoms with Crippen LogP contribution >= 0.6 is 11.3 Å². The normalized spacial score (nSPS) is 10.6. The van der Waals surface area contributed by atoms with E-state index in [0.29, 0.717) is 0 Å². The molecule has 1 aromatic heterocycles. The number of benzene rings is 2. The third-order valence-electron chi connectivity index (χ3n) is 3.35. The van der Waals surface area contributed by atoms with Gasteiger partial charge >= 0.3 is 0 Å². The molecule has 116 valence electrons. The highest BCUT2D eigenvalue weighted by molar-refractivity contribution is 7.15. The van der Waals surface area contributed by atoms with Crippen LogP contribution in [0.2, 0.25) is 0 Å². The first-order valence-corrected chi connectivity index (χ1v) is 7.96. The van der Waals surface area contributed by atoms with E-state index >= 15 is 0 Å². The van der Waals surface area contributed by atoms with Crippen LogP contribution in [0.1, 0.15) is 11.8 Å². The third kappa shape index (κ3) is 3.46. The molecule has 0 radical (unpaired) electrons. The fraction of sp³-hybridized carbons (Fsp3) is 0.111. The Morgan fingerprint density at radius 3 is 2.52 bits per heavy atom. The maximum absolute atomic E-state index is 13.4. The lowest BCUT2D eigenvalue weighted by molar-refractivity contribution is -0.114. The van der Waals surface area contributed by atoms with Crippen LogP contribution < -0.4 is 5.32 Å². The molecule has 0 fully saturated rings. The molecule has 5 heteroatoms. The Morgan fingerprint density at radius 1 is 1.13 bits per heavy atom. The van der Waals surface area contributed by atoms with Crippen molar-refractivity contribution in [1.82, 2.24) is 4.98 Å². The number of anilines is 1. The van der Waals surface area contributed by atoms with Crippen LogP contribution in [0.4, 0.5) is 10.1 Å². The smallest absolute Gasteiger partial charge is 0.221 e. The quantitative estimate of drug-likeness (QED) is 0.745. The number of thiazole rings is 1. The molecule has 1 amide bonds. The Labute approximate surface area is 137 Å². The van der Waals surface area contributed by atoms with Gasteiger partial charge in [0.05, 0.1) is 5.69 Å². The number of aromatic nitrogens is 1. The molecule has 0 spiro atoms. The predicted molar refractivity (Wildman–Crippen MR) is 92.0 cm³/mol. The molecule has 3 aromatic rings. The van der Waals surface area contributed by atoms with E-state index < -0.39 is 0 Å². The lowest BCUT2D eigenvalue weighted by Gasteiger charge is -2.03. The van der Waals surface area contributed by atoms with Crippen LogP contribution in [-0.4, -0.2) is 10.9 Å². The summed E-state index contributed by atoms with van der Waals surface area (Å²) in [5.74, 6) is -0.368. The number of nitrogens with one attached hydrogen (secondary N) is 1. The van der Waals surface area contributed by atoms with Crippen molar-refractivity contribution in [2.75, 3.05) is 5.32 Å². The summed E-state index contributed by atoms with van der Waals surface area (Å²) < 4.78 is 13.4. The fourth-order valence-electron chi connectivity index (χ4n) is 2.32. The van der Waals surface area contributed by atoms with Crippen LogP contribution in [0.3, 0.4) is 0 Å². The molecular formula is C18H15FN2OS. The SMILES string of the molecule is CC(=O)Nc1ccc(-c2nc(-c3cccc(F)c3)sc2C)cc1. The molecular weight excluding hydrogens is 311 g/mol. The van der Waals surface area contributed by atoms with E-state index in [1.165, 1.54) is 30.4 Å². The molecule has 1 N–H and O–H groups in total. The predicted octanol–water partition coefficient (Wildman–Crippen LogP) is 4.88. The van der Waals surface area contributed by atoms with Gasteiger partial charge in [-0.3, -0.25) is 4.79 Å². The summed E-state index contributed by atoms with van der Waals surface area (Å²) in [7, 11) is 0. The highest BCUT2D eigenvalue weighted by Gasteiger charge is 2.12. The van der Waals surface area contributed by atoms with Crippen molar-refractivity contribution in [2.24, 2.45) is 0 Å². The first-order chi connectivity index (χ1) is 11.0. The van der Waals surface area contributed by atoms with E-state index in [-0.39, 0.29) is 11.7 Å². The van der Waals surface area contributed by atoms with Crippen LogP contribution in [0.5, 0.6) is 0 Å². The molecule has 0 aliphatic heterocycles. The van der Waals surface area contributed by atoms with Crippen LogP contribution in [0.25, 0.3) is 21.8 Å². The zero-order valence-electron chi connectivity index (χ0n) is 12.8. The van der Waals surface area contributed by atoms with Gasteiger partial charge < -0.3 is 5.32 Å². The summed E-state index contributed by atoms with van der Waals surface area (Å²) in [6.07, 6.45) is 0. The molecule has 0 aliphatic rings. The maximum Gasteiger partial charge on any atom is 0.221 e. The lowest BCUT2D eigenvalue weighted by Crippen LogP contribution is -2.05. The van der Waals surface area contributed by atoms with Crippen LogP contribution in [-0.2, 0) is 4.79 Å². The molecule has 0 aliphatic carbocycles. The van der Waals surface area contributed by atoms with Crippen molar-refractivity contribution in [1.29, 1.82) is 0 Å². The summed E-state index contributed by atoms with van der Waals surface area (Å²) in [5.41, 5.74) is 3.37. The van der Waals surface area contributed by atoms with E-state index in [0.717, 1.165) is 32.4 Å². The van der Waals surface area contributed by atoms with Gasteiger partial charge in [-0.25, -0.2) is 9.37 Å². The van der Waals surface area contributed by atoms with Gasteiger partial charge in [0.1, 0.15) is 10.8 Å². The first kappa shape index (κ1) is 15.4. The number of aryl methyl sites for hydroxylation is 1. The molecule has 23 heavy (non-hydrogen) atoms. The summed E-state index contributed by atoms with van der Waals surface area (Å²) in [5, 5.41) is 3.53. The van der Waals surface area contributed by atoms with Gasteiger partial charge in [0, 0.05) is 28.6 Å². The number of rotatable bonds is 3. The lowest BCUT2D eigenvalue weighted by atomic mass is 10.1. The Bertz CT molecular complexity index is 856. The van der Waals surface area contributed by atoms with Gasteiger partial charge in [-0.1, -0.05) is 24.3 Å². The standard InChI is InChI=1S/C18H15FN2OS/c1-11-17(13-6-8-16(9-7-13)20-12(2)22)21-18(23-11)14-4-3-5-15(19)10-14/h3-10H,1-2H3,(H,20,22). The van der Waals surface area contributed by atoms with E-state index in [2.05, 4.69) is 10.3 Å². The molecule has 0 saturated heterocycles. The molecule has 0 unspecified atom stereocenters. The van der Waals surface area contributed by atoms with Crippen LogP contribution in [0, 0.1) is 12.7 Å². The van der Waals surface area contributed by atoms with E-state index in [1.54, 1.807) is 6.07 Å². The Morgan fingerprint density at radius 2 is 1.87 bits per heavy atom. The number of carbonyl (C=O) groups excluding carboxylic acids is 1. The average Bonchev–Trinajstić information content (AvgIpc) is 2.89. The number of carbonyl (C=O) groups is 1. The Hall–Kier alpha value is -2.53. The number of hydrogen-bond acceptors (Lipinski definition) is 3. The molecule has 0 atom stereocenters. The summed E-state index contributed by atoms with van der Waals surface area (Å²) in [4.78, 5) is 16.8. The summed E-state index contributed by atoms with van der Waals surface area (Å²) in [6.45, 7) is 3.47. The van der Waals surface area contributed by atoms with Gasteiger partial charge in [0.25, 0.3) is 0 Å². The highest BCUT2D eigenvalue weighted by Crippen LogP contribution is 2.33. The molecule has 3 rings (SSSR count). The fourth-order valence-corrected chi connectivity index (χ4v) is 3.26. The highest BCUT2D eigenvalue weighted by atomic mass is 32.1. The minimum atomic E-state index is -0.267. The Balaban J connectivity index is 1.93. The van der Waals surface area contributed by atoms with Crippen molar-refractivity contribution in [3.63, 3.8) is 0 Å². The number of amides is 1. The second-order valence-electron chi connectivity index (χ2n) is 5.19. The minimum absolute atomic E-state index is 0.101. The number of hydrogen-bond donors (Lipinski definition) is 1. The summed E-state index contributed by atoms with van der Waals surface area (Å²) in [6, 6.07) is 14.0. The number of nitrogens with zero attached hydrogens (tertiary/aromatic N) is 1. The van der Waals surface area contributed by atoms with E-state index in [4.69, 9.17) is 0 Å². The molecule has 2 aromatic carbocycles. The summed E-state index contributed by atoms with van der Waals surface area (Å²) >= 11 is 1.54. The average molecular weight is 326 g/mol. The van der Waals surface area contributed by atoms with E-state index in [1.807, 2.05) is 37.3 Å². The van der Waals surface area contributed by atoms with Gasteiger partial charge in [0.2, 0.25) is 5.91 Å². The van der Waals surface area contributed by atoms with Gasteiger partial charge in [-0.2, -0.15) is 0 Å². The van der Waals surface area contributed by atoms with Crippen molar-refractivity contribution in [3.05, 3.63) is 59.2 Å². The monoisotopic (exact) mass is 326 g/mol. The number of halogens is 1. The van der Waals surface area contributed by atoms with E-state index in [9.17, 15) is 9.18 Å². The minimum Gasteiger partial charge on any atom is -0.326 e. The topological polar surface area (TPSA) is 42.0 Å². The van der Waals surface area contributed by atoms with Crippen molar-refractivity contribution < 1.29 is 9.18 Å². The largest absolute Gasteiger partial charge is 0.326 e. The maximum atomic E-state index is 13.4. The molecule has 3 nitrogen and oxygen atoms in total. The second kappa shape index (κ2) is 6.30. The van der Waals surface area contributed by atoms with Crippen molar-refractivity contribution in [3.8, 4) is 21.8 Å². The molecule has 0 saturated carbocycles. The van der Waals surface area contributed by atoms with Crippen molar-refractivity contribution >= 4 is 22.9 Å². The molecule has 0 bridgehead atoms.